The minimum absolute atomic E-state index is 0.141. The van der Waals surface area contributed by atoms with E-state index in [-0.39, 0.29) is 11.4 Å². The predicted molar refractivity (Wildman–Crippen MR) is 78.9 cm³/mol. The second-order valence-electron chi connectivity index (χ2n) is 5.53. The van der Waals surface area contributed by atoms with Crippen molar-refractivity contribution in [3.63, 3.8) is 0 Å². The third-order valence-corrected chi connectivity index (χ3v) is 3.42. The highest BCUT2D eigenvalue weighted by molar-refractivity contribution is 5.93. The van der Waals surface area contributed by atoms with E-state index < -0.39 is 0 Å². The SMILES string of the molecule is CCCNc1ccnc(C(=O)NC2(C)CCCOC2)c1. The van der Waals surface area contributed by atoms with Crippen LogP contribution in [0.3, 0.4) is 0 Å². The maximum absolute atomic E-state index is 12.3. The van der Waals surface area contributed by atoms with E-state index in [9.17, 15) is 4.79 Å². The standard InChI is InChI=1S/C15H23N3O2/c1-3-7-16-12-5-8-17-13(10-12)14(19)18-15(2)6-4-9-20-11-15/h5,8,10H,3-4,6-7,9,11H2,1-2H3,(H,16,17)(H,18,19). The van der Waals surface area contributed by atoms with Crippen molar-refractivity contribution in [3.05, 3.63) is 24.0 Å². The minimum atomic E-state index is -0.288. The van der Waals surface area contributed by atoms with Gasteiger partial charge in [0.2, 0.25) is 0 Å². The van der Waals surface area contributed by atoms with E-state index in [0.29, 0.717) is 12.3 Å². The van der Waals surface area contributed by atoms with E-state index in [1.54, 1.807) is 12.3 Å². The summed E-state index contributed by atoms with van der Waals surface area (Å²) in [5.41, 5.74) is 1.08. The summed E-state index contributed by atoms with van der Waals surface area (Å²) in [6.07, 6.45) is 4.61. The minimum Gasteiger partial charge on any atom is -0.385 e. The number of nitrogens with zero attached hydrogens (tertiary/aromatic N) is 1. The summed E-state index contributed by atoms with van der Waals surface area (Å²) in [5.74, 6) is -0.141. The van der Waals surface area contributed by atoms with Crippen LogP contribution in [0.2, 0.25) is 0 Å². The van der Waals surface area contributed by atoms with Crippen LogP contribution in [0.15, 0.2) is 18.3 Å². The van der Waals surface area contributed by atoms with Gasteiger partial charge in [-0.1, -0.05) is 6.92 Å². The number of anilines is 1. The van der Waals surface area contributed by atoms with Crippen LogP contribution in [0.4, 0.5) is 5.69 Å². The van der Waals surface area contributed by atoms with Crippen molar-refractivity contribution in [1.29, 1.82) is 0 Å². The Balaban J connectivity index is 2.01. The molecule has 0 aliphatic carbocycles. The van der Waals surface area contributed by atoms with Gasteiger partial charge >= 0.3 is 0 Å². The van der Waals surface area contributed by atoms with Crippen LogP contribution < -0.4 is 10.6 Å². The molecule has 1 fully saturated rings. The van der Waals surface area contributed by atoms with Gasteiger partial charge in [0.1, 0.15) is 5.69 Å². The number of carbonyl (C=O) groups is 1. The molecule has 1 aliphatic rings. The van der Waals surface area contributed by atoms with Crippen molar-refractivity contribution >= 4 is 11.6 Å². The lowest BCUT2D eigenvalue weighted by atomic mass is 9.94. The molecule has 0 spiro atoms. The molecule has 0 bridgehead atoms. The number of amides is 1. The summed E-state index contributed by atoms with van der Waals surface area (Å²) in [7, 11) is 0. The van der Waals surface area contributed by atoms with Gasteiger partial charge in [-0.2, -0.15) is 0 Å². The molecule has 0 radical (unpaired) electrons. The van der Waals surface area contributed by atoms with Crippen molar-refractivity contribution in [1.82, 2.24) is 10.3 Å². The van der Waals surface area contributed by atoms with E-state index in [1.165, 1.54) is 0 Å². The molecule has 1 amide bonds. The summed E-state index contributed by atoms with van der Waals surface area (Å²) in [4.78, 5) is 16.4. The number of carbonyl (C=O) groups excluding carboxylic acids is 1. The van der Waals surface area contributed by atoms with E-state index in [0.717, 1.165) is 38.1 Å². The van der Waals surface area contributed by atoms with Crippen LogP contribution in [0, 0.1) is 0 Å². The van der Waals surface area contributed by atoms with Gasteiger partial charge in [-0.05, 0) is 38.3 Å². The molecule has 1 atom stereocenters. The molecule has 0 saturated carbocycles. The van der Waals surface area contributed by atoms with Crippen LogP contribution in [0.25, 0.3) is 0 Å². The van der Waals surface area contributed by atoms with Gasteiger partial charge in [0.15, 0.2) is 0 Å². The largest absolute Gasteiger partial charge is 0.385 e. The van der Waals surface area contributed by atoms with E-state index in [2.05, 4.69) is 22.5 Å². The zero-order valence-corrected chi connectivity index (χ0v) is 12.2. The molecule has 2 N–H and O–H groups in total. The maximum atomic E-state index is 12.3. The van der Waals surface area contributed by atoms with Gasteiger partial charge in [-0.15, -0.1) is 0 Å². The predicted octanol–water partition coefficient (Wildman–Crippen LogP) is 2.20. The quantitative estimate of drug-likeness (QED) is 0.866. The van der Waals surface area contributed by atoms with Crippen molar-refractivity contribution in [3.8, 4) is 0 Å². The van der Waals surface area contributed by atoms with E-state index in [1.807, 2.05) is 13.0 Å². The van der Waals surface area contributed by atoms with Crippen LogP contribution in [-0.2, 0) is 4.74 Å². The molecular formula is C15H23N3O2. The van der Waals surface area contributed by atoms with Gasteiger partial charge in [0, 0.05) is 25.0 Å². The Hall–Kier alpha value is -1.62. The monoisotopic (exact) mass is 277 g/mol. The first kappa shape index (κ1) is 14.8. The van der Waals surface area contributed by atoms with Gasteiger partial charge in [-0.3, -0.25) is 9.78 Å². The van der Waals surface area contributed by atoms with Crippen LogP contribution >= 0.6 is 0 Å². The molecule has 110 valence electrons. The van der Waals surface area contributed by atoms with Crippen molar-refractivity contribution in [2.24, 2.45) is 0 Å². The topological polar surface area (TPSA) is 63.2 Å². The molecule has 2 heterocycles. The zero-order chi connectivity index (χ0) is 14.4. The highest BCUT2D eigenvalue weighted by Gasteiger charge is 2.29. The second-order valence-corrected chi connectivity index (χ2v) is 5.53. The maximum Gasteiger partial charge on any atom is 0.270 e. The molecule has 1 saturated heterocycles. The summed E-state index contributed by atoms with van der Waals surface area (Å²) < 4.78 is 5.45. The van der Waals surface area contributed by atoms with Crippen LogP contribution in [-0.4, -0.2) is 36.2 Å². The summed E-state index contributed by atoms with van der Waals surface area (Å²) in [6, 6.07) is 3.66. The van der Waals surface area contributed by atoms with Crippen LogP contribution in [0.5, 0.6) is 0 Å². The number of nitrogens with one attached hydrogen (secondary N) is 2. The van der Waals surface area contributed by atoms with Gasteiger partial charge in [0.05, 0.1) is 12.1 Å². The molecular weight excluding hydrogens is 254 g/mol. The average Bonchev–Trinajstić information content (AvgIpc) is 2.45. The lowest BCUT2D eigenvalue weighted by Gasteiger charge is -2.34. The summed E-state index contributed by atoms with van der Waals surface area (Å²) >= 11 is 0. The van der Waals surface area contributed by atoms with Crippen molar-refractivity contribution < 1.29 is 9.53 Å². The molecule has 1 aromatic heterocycles. The first-order valence-corrected chi connectivity index (χ1v) is 7.23. The van der Waals surface area contributed by atoms with Gasteiger partial charge in [-0.25, -0.2) is 0 Å². The van der Waals surface area contributed by atoms with Crippen molar-refractivity contribution in [2.75, 3.05) is 25.1 Å². The number of hydrogen-bond acceptors (Lipinski definition) is 4. The third-order valence-electron chi connectivity index (χ3n) is 3.42. The molecule has 2 rings (SSSR count). The fourth-order valence-electron chi connectivity index (χ4n) is 2.30. The lowest BCUT2D eigenvalue weighted by Crippen LogP contribution is -2.51. The molecule has 0 aromatic carbocycles. The van der Waals surface area contributed by atoms with E-state index in [4.69, 9.17) is 4.74 Å². The Morgan fingerprint density at radius 1 is 1.55 bits per heavy atom. The molecule has 20 heavy (non-hydrogen) atoms. The number of aromatic nitrogens is 1. The zero-order valence-electron chi connectivity index (χ0n) is 12.2. The smallest absolute Gasteiger partial charge is 0.270 e. The third kappa shape index (κ3) is 3.93. The van der Waals surface area contributed by atoms with Crippen LogP contribution in [0.1, 0.15) is 43.6 Å². The number of pyridine rings is 1. The summed E-state index contributed by atoms with van der Waals surface area (Å²) in [5, 5.41) is 6.30. The van der Waals surface area contributed by atoms with Gasteiger partial charge < -0.3 is 15.4 Å². The number of ether oxygens (including phenoxy) is 1. The second kappa shape index (κ2) is 6.70. The van der Waals surface area contributed by atoms with Gasteiger partial charge in [0.25, 0.3) is 5.91 Å². The fraction of sp³-hybridized carbons (Fsp3) is 0.600. The van der Waals surface area contributed by atoms with Crippen molar-refractivity contribution in [2.45, 2.75) is 38.6 Å². The Morgan fingerprint density at radius 2 is 2.40 bits per heavy atom. The lowest BCUT2D eigenvalue weighted by molar-refractivity contribution is 0.0271. The Bertz CT molecular complexity index is 456. The highest BCUT2D eigenvalue weighted by Crippen LogP contribution is 2.19. The Morgan fingerprint density at radius 3 is 3.10 bits per heavy atom. The normalized spacial score (nSPS) is 22.3. The molecule has 1 aromatic rings. The molecule has 5 nitrogen and oxygen atoms in total. The van der Waals surface area contributed by atoms with E-state index >= 15 is 0 Å². The summed E-state index contributed by atoms with van der Waals surface area (Å²) in [6.45, 7) is 6.35. The highest BCUT2D eigenvalue weighted by atomic mass is 16.5. The molecule has 1 aliphatic heterocycles. The first-order valence-electron chi connectivity index (χ1n) is 7.23. The molecule has 5 heteroatoms. The Kier molecular flexibility index (Phi) is 4.95. The number of rotatable bonds is 5. The fourth-order valence-corrected chi connectivity index (χ4v) is 2.30. The first-order chi connectivity index (χ1) is 9.63. The molecule has 1 unspecified atom stereocenters. The average molecular weight is 277 g/mol. The Labute approximate surface area is 120 Å². The number of hydrogen-bond donors (Lipinski definition) is 2.